The molecule has 1 aromatic rings. The van der Waals surface area contributed by atoms with Gasteiger partial charge in [0.2, 0.25) is 15.9 Å². The minimum atomic E-state index is -3.75. The zero-order valence-corrected chi connectivity index (χ0v) is 15.3. The van der Waals surface area contributed by atoms with E-state index >= 15 is 0 Å². The lowest BCUT2D eigenvalue weighted by molar-refractivity contribution is -0.122. The second-order valence-corrected chi connectivity index (χ2v) is 7.93. The first-order chi connectivity index (χ1) is 11.8. The van der Waals surface area contributed by atoms with E-state index in [4.69, 9.17) is 0 Å². The van der Waals surface area contributed by atoms with Crippen molar-refractivity contribution < 1.29 is 18.0 Å². The first-order valence-corrected chi connectivity index (χ1v) is 9.50. The van der Waals surface area contributed by atoms with Gasteiger partial charge in [-0.05, 0) is 38.1 Å². The van der Waals surface area contributed by atoms with Crippen molar-refractivity contribution in [2.24, 2.45) is 0 Å². The van der Waals surface area contributed by atoms with E-state index in [-0.39, 0.29) is 29.8 Å². The molecule has 8 heteroatoms. The van der Waals surface area contributed by atoms with Crippen LogP contribution < -0.4 is 5.32 Å². The molecule has 136 valence electrons. The lowest BCUT2D eigenvalue weighted by Crippen LogP contribution is -2.49. The summed E-state index contributed by atoms with van der Waals surface area (Å²) >= 11 is 0. The summed E-state index contributed by atoms with van der Waals surface area (Å²) < 4.78 is 26.3. The fourth-order valence-electron chi connectivity index (χ4n) is 2.57. The van der Waals surface area contributed by atoms with Crippen LogP contribution in [0.4, 0.5) is 0 Å². The molecule has 25 heavy (non-hydrogen) atoms. The standard InChI is InChI=1S/C17H23N3O4S/c1-4-19(11-13(2)3)17(22)14-5-7-15(8-6-14)25(23,24)20-10-9-18-16(21)12-20/h5-8H,2,4,9-12H2,1,3H3,(H,18,21). The van der Waals surface area contributed by atoms with Gasteiger partial charge in [-0.2, -0.15) is 4.31 Å². The van der Waals surface area contributed by atoms with Crippen LogP contribution in [0.3, 0.4) is 0 Å². The van der Waals surface area contributed by atoms with Gasteiger partial charge in [0.1, 0.15) is 0 Å². The van der Waals surface area contributed by atoms with Crippen LogP contribution in [0.15, 0.2) is 41.3 Å². The molecule has 0 saturated carbocycles. The maximum Gasteiger partial charge on any atom is 0.254 e. The van der Waals surface area contributed by atoms with Crippen molar-refractivity contribution in [3.05, 3.63) is 42.0 Å². The Morgan fingerprint density at radius 3 is 2.48 bits per heavy atom. The van der Waals surface area contributed by atoms with Gasteiger partial charge in [-0.25, -0.2) is 8.42 Å². The molecule has 1 fully saturated rings. The Hall–Kier alpha value is -2.19. The highest BCUT2D eigenvalue weighted by molar-refractivity contribution is 7.89. The molecule has 1 aromatic carbocycles. The van der Waals surface area contributed by atoms with E-state index in [2.05, 4.69) is 11.9 Å². The number of hydrogen-bond donors (Lipinski definition) is 1. The molecule has 2 amide bonds. The number of carbonyl (C=O) groups excluding carboxylic acids is 2. The van der Waals surface area contributed by atoms with Gasteiger partial charge in [-0.1, -0.05) is 12.2 Å². The monoisotopic (exact) mass is 365 g/mol. The number of benzene rings is 1. The zero-order valence-electron chi connectivity index (χ0n) is 14.5. The minimum absolute atomic E-state index is 0.0710. The van der Waals surface area contributed by atoms with Crippen LogP contribution in [0, 0.1) is 0 Å². The van der Waals surface area contributed by atoms with Crippen LogP contribution in [0.5, 0.6) is 0 Å². The van der Waals surface area contributed by atoms with Crippen LogP contribution >= 0.6 is 0 Å². The first kappa shape index (κ1) is 19.1. The molecule has 2 rings (SSSR count). The van der Waals surface area contributed by atoms with Crippen molar-refractivity contribution in [3.63, 3.8) is 0 Å². The molecule has 0 radical (unpaired) electrons. The van der Waals surface area contributed by atoms with Crippen molar-refractivity contribution in [2.75, 3.05) is 32.7 Å². The van der Waals surface area contributed by atoms with Gasteiger partial charge >= 0.3 is 0 Å². The highest BCUT2D eigenvalue weighted by Crippen LogP contribution is 2.18. The number of carbonyl (C=O) groups is 2. The van der Waals surface area contributed by atoms with E-state index in [9.17, 15) is 18.0 Å². The lowest BCUT2D eigenvalue weighted by atomic mass is 10.2. The van der Waals surface area contributed by atoms with Crippen LogP contribution in [0.2, 0.25) is 0 Å². The van der Waals surface area contributed by atoms with Crippen LogP contribution in [0.25, 0.3) is 0 Å². The Labute approximate surface area is 148 Å². The van der Waals surface area contributed by atoms with E-state index in [0.29, 0.717) is 25.2 Å². The predicted octanol–water partition coefficient (Wildman–Crippen LogP) is 0.845. The number of sulfonamides is 1. The van der Waals surface area contributed by atoms with Gasteiger partial charge in [-0.3, -0.25) is 9.59 Å². The summed E-state index contributed by atoms with van der Waals surface area (Å²) in [7, 11) is -3.75. The predicted molar refractivity (Wildman–Crippen MR) is 94.6 cm³/mol. The third kappa shape index (κ3) is 4.46. The van der Waals surface area contributed by atoms with E-state index in [0.717, 1.165) is 9.88 Å². The number of hydrogen-bond acceptors (Lipinski definition) is 4. The summed E-state index contributed by atoms with van der Waals surface area (Å²) in [5.41, 5.74) is 1.29. The number of amides is 2. The maximum absolute atomic E-state index is 12.6. The van der Waals surface area contributed by atoms with E-state index in [1.165, 1.54) is 24.3 Å². The van der Waals surface area contributed by atoms with E-state index in [1.54, 1.807) is 4.90 Å². The van der Waals surface area contributed by atoms with Gasteiger partial charge in [0.25, 0.3) is 5.91 Å². The third-order valence-corrected chi connectivity index (χ3v) is 5.73. The normalized spacial score (nSPS) is 15.5. The molecule has 1 saturated heterocycles. The zero-order chi connectivity index (χ0) is 18.6. The molecule has 1 N–H and O–H groups in total. The minimum Gasteiger partial charge on any atom is -0.354 e. The Morgan fingerprint density at radius 1 is 1.32 bits per heavy atom. The van der Waals surface area contributed by atoms with Crippen LogP contribution in [0.1, 0.15) is 24.2 Å². The Kier molecular flexibility index (Phi) is 5.97. The number of likely N-dealkylation sites (N-methyl/N-ethyl adjacent to an activating group) is 1. The second-order valence-electron chi connectivity index (χ2n) is 5.99. The molecule has 1 aliphatic rings. The van der Waals surface area contributed by atoms with E-state index in [1.807, 2.05) is 13.8 Å². The Bertz CT molecular complexity index is 772. The largest absolute Gasteiger partial charge is 0.354 e. The molecule has 7 nitrogen and oxygen atoms in total. The summed E-state index contributed by atoms with van der Waals surface area (Å²) in [4.78, 5) is 25.6. The molecule has 0 aromatic heterocycles. The highest BCUT2D eigenvalue weighted by Gasteiger charge is 2.29. The Balaban J connectivity index is 2.19. The summed E-state index contributed by atoms with van der Waals surface area (Å²) in [6, 6.07) is 5.81. The van der Waals surface area contributed by atoms with E-state index < -0.39 is 10.0 Å². The van der Waals surface area contributed by atoms with Gasteiger partial charge in [0, 0.05) is 31.7 Å². The Morgan fingerprint density at radius 2 is 1.96 bits per heavy atom. The topological polar surface area (TPSA) is 86.8 Å². The van der Waals surface area contributed by atoms with Crippen molar-refractivity contribution in [2.45, 2.75) is 18.7 Å². The molecular formula is C17H23N3O4S. The molecule has 0 spiro atoms. The average molecular weight is 365 g/mol. The number of nitrogens with one attached hydrogen (secondary N) is 1. The number of rotatable bonds is 6. The summed E-state index contributed by atoms with van der Waals surface area (Å²) in [6.45, 7) is 8.87. The molecule has 1 aliphatic heterocycles. The maximum atomic E-state index is 12.6. The van der Waals surface area contributed by atoms with Crippen LogP contribution in [-0.4, -0.2) is 62.2 Å². The molecule has 0 aliphatic carbocycles. The first-order valence-electron chi connectivity index (χ1n) is 8.06. The molecule has 0 atom stereocenters. The van der Waals surface area contributed by atoms with Crippen LogP contribution in [-0.2, 0) is 14.8 Å². The molecule has 0 bridgehead atoms. The molecular weight excluding hydrogens is 342 g/mol. The number of nitrogens with zero attached hydrogens (tertiary/aromatic N) is 2. The SMILES string of the molecule is C=C(C)CN(CC)C(=O)c1ccc(S(=O)(=O)N2CCNC(=O)C2)cc1. The van der Waals surface area contributed by atoms with Crippen molar-refractivity contribution in [1.29, 1.82) is 0 Å². The quantitative estimate of drug-likeness (QED) is 0.757. The molecule has 1 heterocycles. The van der Waals surface area contributed by atoms with Crippen molar-refractivity contribution in [3.8, 4) is 0 Å². The van der Waals surface area contributed by atoms with Gasteiger partial charge in [-0.15, -0.1) is 0 Å². The second kappa shape index (κ2) is 7.79. The fraction of sp³-hybridized carbons (Fsp3) is 0.412. The summed E-state index contributed by atoms with van der Waals surface area (Å²) in [5.74, 6) is -0.494. The van der Waals surface area contributed by atoms with Gasteiger partial charge in [0.15, 0.2) is 0 Å². The van der Waals surface area contributed by atoms with Gasteiger partial charge < -0.3 is 10.2 Å². The number of piperazine rings is 1. The average Bonchev–Trinajstić information content (AvgIpc) is 2.59. The summed E-state index contributed by atoms with van der Waals surface area (Å²) in [6.07, 6.45) is 0. The van der Waals surface area contributed by atoms with Gasteiger partial charge in [0.05, 0.1) is 11.4 Å². The summed E-state index contributed by atoms with van der Waals surface area (Å²) in [5, 5.41) is 2.59. The smallest absolute Gasteiger partial charge is 0.254 e. The van der Waals surface area contributed by atoms with Crippen molar-refractivity contribution in [1.82, 2.24) is 14.5 Å². The highest BCUT2D eigenvalue weighted by atomic mass is 32.2. The molecule has 0 unspecified atom stereocenters. The third-order valence-electron chi connectivity index (χ3n) is 3.87. The van der Waals surface area contributed by atoms with Crippen molar-refractivity contribution >= 4 is 21.8 Å². The fourth-order valence-corrected chi connectivity index (χ4v) is 3.97. The lowest BCUT2D eigenvalue weighted by Gasteiger charge is -2.26.